The maximum Gasteiger partial charge on any atom is 0.164 e. The van der Waals surface area contributed by atoms with Crippen molar-refractivity contribution in [1.82, 2.24) is 0 Å². The zero-order valence-electron chi connectivity index (χ0n) is 11.3. The summed E-state index contributed by atoms with van der Waals surface area (Å²) in [6.45, 7) is 0. The maximum absolute atomic E-state index is 6.34. The summed E-state index contributed by atoms with van der Waals surface area (Å²) < 4.78 is 12.0. The normalized spacial score (nSPS) is 10.6. The minimum absolute atomic E-state index is 0.444. The van der Waals surface area contributed by atoms with E-state index in [2.05, 4.69) is 15.9 Å². The van der Waals surface area contributed by atoms with Gasteiger partial charge in [-0.15, -0.1) is 0 Å². The standard InChI is InChI=1S/C17H12BrClO2/c1-20-15-10-9-13(18)17(16(15)19)21-14-8-4-6-11-5-2-3-7-12(11)14/h2-10H,1H3. The zero-order chi connectivity index (χ0) is 14.8. The van der Waals surface area contributed by atoms with Crippen LogP contribution in [-0.2, 0) is 0 Å². The van der Waals surface area contributed by atoms with Crippen molar-refractivity contribution in [3.05, 3.63) is 64.1 Å². The summed E-state index contributed by atoms with van der Waals surface area (Å²) in [5.41, 5.74) is 0. The molecule has 21 heavy (non-hydrogen) atoms. The third kappa shape index (κ3) is 2.71. The molecule has 106 valence electrons. The van der Waals surface area contributed by atoms with Gasteiger partial charge in [-0.05, 0) is 39.5 Å². The minimum Gasteiger partial charge on any atom is -0.495 e. The fourth-order valence-electron chi connectivity index (χ4n) is 2.16. The molecule has 0 aliphatic heterocycles. The van der Waals surface area contributed by atoms with Gasteiger partial charge in [0.05, 0.1) is 11.6 Å². The van der Waals surface area contributed by atoms with Gasteiger partial charge in [0.1, 0.15) is 16.5 Å². The molecule has 3 rings (SSSR count). The fourth-order valence-corrected chi connectivity index (χ4v) is 2.97. The van der Waals surface area contributed by atoms with Crippen LogP contribution in [0.1, 0.15) is 0 Å². The molecule has 0 fully saturated rings. The Morgan fingerprint density at radius 3 is 2.48 bits per heavy atom. The molecule has 0 amide bonds. The van der Waals surface area contributed by atoms with Crippen molar-refractivity contribution in [3.8, 4) is 17.2 Å². The SMILES string of the molecule is COc1ccc(Br)c(Oc2cccc3ccccc23)c1Cl. The number of fused-ring (bicyclic) bond motifs is 1. The highest BCUT2D eigenvalue weighted by molar-refractivity contribution is 9.10. The maximum atomic E-state index is 6.34. The molecule has 0 saturated heterocycles. The molecule has 0 aliphatic carbocycles. The van der Waals surface area contributed by atoms with Crippen molar-refractivity contribution in [2.75, 3.05) is 7.11 Å². The van der Waals surface area contributed by atoms with Crippen molar-refractivity contribution in [2.24, 2.45) is 0 Å². The van der Waals surface area contributed by atoms with E-state index in [-0.39, 0.29) is 0 Å². The lowest BCUT2D eigenvalue weighted by molar-refractivity contribution is 0.409. The summed E-state index contributed by atoms with van der Waals surface area (Å²) in [6, 6.07) is 17.6. The van der Waals surface area contributed by atoms with E-state index in [4.69, 9.17) is 21.1 Å². The Morgan fingerprint density at radius 1 is 0.905 bits per heavy atom. The van der Waals surface area contributed by atoms with E-state index >= 15 is 0 Å². The molecule has 4 heteroatoms. The van der Waals surface area contributed by atoms with Gasteiger partial charge in [0.2, 0.25) is 0 Å². The van der Waals surface area contributed by atoms with Crippen LogP contribution in [0.15, 0.2) is 59.1 Å². The smallest absolute Gasteiger partial charge is 0.164 e. The van der Waals surface area contributed by atoms with E-state index in [1.807, 2.05) is 48.5 Å². The summed E-state index contributed by atoms with van der Waals surface area (Å²) in [5.74, 6) is 1.88. The second-order valence-corrected chi connectivity index (χ2v) is 5.70. The molecule has 0 aliphatic rings. The van der Waals surface area contributed by atoms with Crippen molar-refractivity contribution < 1.29 is 9.47 Å². The van der Waals surface area contributed by atoms with E-state index in [9.17, 15) is 0 Å². The molecule has 0 spiro atoms. The number of halogens is 2. The van der Waals surface area contributed by atoms with Crippen molar-refractivity contribution in [3.63, 3.8) is 0 Å². The number of benzene rings is 3. The molecule has 0 bridgehead atoms. The fraction of sp³-hybridized carbons (Fsp3) is 0.0588. The molecule has 3 aromatic carbocycles. The number of methoxy groups -OCH3 is 1. The molecule has 0 saturated carbocycles. The molecule has 0 aromatic heterocycles. The van der Waals surface area contributed by atoms with Crippen LogP contribution in [0.4, 0.5) is 0 Å². The van der Waals surface area contributed by atoms with Gasteiger partial charge in [0.25, 0.3) is 0 Å². The van der Waals surface area contributed by atoms with Gasteiger partial charge in [0.15, 0.2) is 5.75 Å². The highest BCUT2D eigenvalue weighted by Gasteiger charge is 2.14. The van der Waals surface area contributed by atoms with Crippen LogP contribution >= 0.6 is 27.5 Å². The first-order chi connectivity index (χ1) is 10.2. The Balaban J connectivity index is 2.11. The minimum atomic E-state index is 0.444. The molecule has 3 aromatic rings. The van der Waals surface area contributed by atoms with Crippen LogP contribution < -0.4 is 9.47 Å². The highest BCUT2D eigenvalue weighted by atomic mass is 79.9. The molecular weight excluding hydrogens is 352 g/mol. The topological polar surface area (TPSA) is 18.5 Å². The molecule has 0 unspecified atom stereocenters. The summed E-state index contributed by atoms with van der Waals surface area (Å²) >= 11 is 9.80. The van der Waals surface area contributed by atoms with Crippen molar-refractivity contribution in [2.45, 2.75) is 0 Å². The molecule has 0 heterocycles. The van der Waals surface area contributed by atoms with E-state index in [1.54, 1.807) is 13.2 Å². The third-order valence-electron chi connectivity index (χ3n) is 3.20. The van der Waals surface area contributed by atoms with E-state index in [0.717, 1.165) is 21.0 Å². The zero-order valence-corrected chi connectivity index (χ0v) is 13.6. The van der Waals surface area contributed by atoms with E-state index < -0.39 is 0 Å². The van der Waals surface area contributed by atoms with Gasteiger partial charge in [0, 0.05) is 5.39 Å². The Kier molecular flexibility index (Phi) is 4.04. The number of rotatable bonds is 3. The first-order valence-electron chi connectivity index (χ1n) is 6.38. The first kappa shape index (κ1) is 14.2. The first-order valence-corrected chi connectivity index (χ1v) is 7.55. The Bertz CT molecular complexity index is 797. The highest BCUT2D eigenvalue weighted by Crippen LogP contribution is 2.43. The molecule has 2 nitrogen and oxygen atoms in total. The molecule has 0 radical (unpaired) electrons. The average molecular weight is 364 g/mol. The third-order valence-corrected chi connectivity index (χ3v) is 4.18. The van der Waals surface area contributed by atoms with Gasteiger partial charge in [-0.3, -0.25) is 0 Å². The molecular formula is C17H12BrClO2. The van der Waals surface area contributed by atoms with E-state index in [0.29, 0.717) is 16.5 Å². The Morgan fingerprint density at radius 2 is 1.67 bits per heavy atom. The van der Waals surface area contributed by atoms with Gasteiger partial charge >= 0.3 is 0 Å². The number of hydrogen-bond acceptors (Lipinski definition) is 2. The van der Waals surface area contributed by atoms with Crippen LogP contribution in [0.2, 0.25) is 5.02 Å². The second kappa shape index (κ2) is 5.96. The number of hydrogen-bond donors (Lipinski definition) is 0. The molecule has 0 N–H and O–H groups in total. The lowest BCUT2D eigenvalue weighted by Crippen LogP contribution is -1.91. The lowest BCUT2D eigenvalue weighted by atomic mass is 10.1. The summed E-state index contributed by atoms with van der Waals surface area (Å²) in [4.78, 5) is 0. The van der Waals surface area contributed by atoms with Crippen molar-refractivity contribution in [1.29, 1.82) is 0 Å². The van der Waals surface area contributed by atoms with Crippen LogP contribution in [0, 0.1) is 0 Å². The number of ether oxygens (including phenoxy) is 2. The van der Waals surface area contributed by atoms with Gasteiger partial charge in [-0.2, -0.15) is 0 Å². The van der Waals surface area contributed by atoms with Gasteiger partial charge < -0.3 is 9.47 Å². The summed E-state index contributed by atoms with van der Waals surface area (Å²) in [5, 5.41) is 2.59. The predicted octanol–water partition coefficient (Wildman–Crippen LogP) is 6.06. The largest absolute Gasteiger partial charge is 0.495 e. The Hall–Kier alpha value is -1.71. The van der Waals surface area contributed by atoms with Gasteiger partial charge in [-0.25, -0.2) is 0 Å². The second-order valence-electron chi connectivity index (χ2n) is 4.47. The lowest BCUT2D eigenvalue weighted by Gasteiger charge is -2.13. The summed E-state index contributed by atoms with van der Waals surface area (Å²) in [6.07, 6.45) is 0. The quantitative estimate of drug-likeness (QED) is 0.563. The van der Waals surface area contributed by atoms with Crippen LogP contribution in [0.25, 0.3) is 10.8 Å². The molecule has 0 atom stereocenters. The average Bonchev–Trinajstić information content (AvgIpc) is 2.52. The summed E-state index contributed by atoms with van der Waals surface area (Å²) in [7, 11) is 1.58. The monoisotopic (exact) mass is 362 g/mol. The van der Waals surface area contributed by atoms with Gasteiger partial charge in [-0.1, -0.05) is 48.0 Å². The van der Waals surface area contributed by atoms with Crippen LogP contribution in [0.5, 0.6) is 17.2 Å². The van der Waals surface area contributed by atoms with Crippen LogP contribution in [0.3, 0.4) is 0 Å². The Labute approximate surface area is 136 Å². The van der Waals surface area contributed by atoms with Crippen LogP contribution in [-0.4, -0.2) is 7.11 Å². The van der Waals surface area contributed by atoms with E-state index in [1.165, 1.54) is 0 Å². The predicted molar refractivity (Wildman–Crippen MR) is 89.7 cm³/mol. The van der Waals surface area contributed by atoms with Crippen molar-refractivity contribution >= 4 is 38.3 Å².